The van der Waals surface area contributed by atoms with Crippen molar-refractivity contribution < 1.29 is 9.59 Å². The molecule has 0 atom stereocenters. The van der Waals surface area contributed by atoms with E-state index in [9.17, 15) is 9.59 Å². The summed E-state index contributed by atoms with van der Waals surface area (Å²) in [4.78, 5) is 29.6. The van der Waals surface area contributed by atoms with Gasteiger partial charge in [-0.1, -0.05) is 42.1 Å². The summed E-state index contributed by atoms with van der Waals surface area (Å²) < 4.78 is 1.95. The Hall–Kier alpha value is -3.98. The Morgan fingerprint density at radius 3 is 2.60 bits per heavy atom. The van der Waals surface area contributed by atoms with Gasteiger partial charge in [-0.15, -0.1) is 10.2 Å². The molecule has 176 valence electrons. The number of rotatable bonds is 8. The van der Waals surface area contributed by atoms with Gasteiger partial charge in [-0.25, -0.2) is 0 Å². The van der Waals surface area contributed by atoms with Gasteiger partial charge in [0.05, 0.1) is 22.7 Å². The predicted octanol–water partition coefficient (Wildman–Crippen LogP) is 4.26. The Bertz CT molecular complexity index is 1370. The summed E-state index contributed by atoms with van der Waals surface area (Å²) in [5.41, 5.74) is 3.77. The molecule has 2 heterocycles. The second-order valence-electron chi connectivity index (χ2n) is 8.30. The number of thioether (sulfide) groups is 1. The minimum Gasteiger partial charge on any atom is -0.349 e. The molecule has 1 aliphatic carbocycles. The molecule has 5 rings (SSSR count). The standard InChI is InChI=1S/C26H24N6O2S/c1-17-7-2-5-11-22(17)32-24(18-8-6-14-27-15-18)30-31-26(32)35-16-23(33)29-21-10-4-3-9-20(21)25(34)28-19-12-13-19/h2-11,14-15,19H,12-13,16H2,1H3,(H,28,34)(H,29,33). The van der Waals surface area contributed by atoms with E-state index < -0.39 is 0 Å². The number of carbonyl (C=O) groups is 2. The molecule has 0 spiro atoms. The fourth-order valence-electron chi connectivity index (χ4n) is 3.67. The van der Waals surface area contributed by atoms with Crippen molar-refractivity contribution in [2.75, 3.05) is 11.1 Å². The first-order valence-corrected chi connectivity index (χ1v) is 12.3. The zero-order valence-corrected chi connectivity index (χ0v) is 20.0. The number of anilines is 1. The first kappa shape index (κ1) is 22.8. The van der Waals surface area contributed by atoms with Crippen LogP contribution in [0.2, 0.25) is 0 Å². The maximum atomic E-state index is 12.9. The number of hydrogen-bond donors (Lipinski definition) is 2. The molecule has 0 bridgehead atoms. The van der Waals surface area contributed by atoms with E-state index in [1.807, 2.05) is 47.9 Å². The largest absolute Gasteiger partial charge is 0.349 e. The highest BCUT2D eigenvalue weighted by molar-refractivity contribution is 7.99. The van der Waals surface area contributed by atoms with E-state index in [2.05, 4.69) is 25.8 Å². The van der Waals surface area contributed by atoms with Gasteiger partial charge in [-0.05, 0) is 55.7 Å². The van der Waals surface area contributed by atoms with Crippen LogP contribution >= 0.6 is 11.8 Å². The monoisotopic (exact) mass is 484 g/mol. The SMILES string of the molecule is Cc1ccccc1-n1c(SCC(=O)Nc2ccccc2C(=O)NC2CC2)nnc1-c1cccnc1. The Morgan fingerprint density at radius 1 is 1.03 bits per heavy atom. The smallest absolute Gasteiger partial charge is 0.253 e. The quantitative estimate of drug-likeness (QED) is 0.362. The van der Waals surface area contributed by atoms with Crippen LogP contribution in [0.5, 0.6) is 0 Å². The van der Waals surface area contributed by atoms with Crippen molar-refractivity contribution in [1.29, 1.82) is 0 Å². The van der Waals surface area contributed by atoms with Gasteiger partial charge in [0.2, 0.25) is 5.91 Å². The average Bonchev–Trinajstić information content (AvgIpc) is 3.59. The summed E-state index contributed by atoms with van der Waals surface area (Å²) in [6, 6.07) is 19.0. The average molecular weight is 485 g/mol. The second kappa shape index (κ2) is 10.1. The first-order chi connectivity index (χ1) is 17.1. The molecule has 0 aliphatic heterocycles. The molecule has 2 aromatic heterocycles. The van der Waals surface area contributed by atoms with Crippen LogP contribution in [0.3, 0.4) is 0 Å². The van der Waals surface area contributed by atoms with Gasteiger partial charge in [-0.2, -0.15) is 0 Å². The van der Waals surface area contributed by atoms with E-state index >= 15 is 0 Å². The van der Waals surface area contributed by atoms with Crippen molar-refractivity contribution in [2.24, 2.45) is 0 Å². The third-order valence-corrected chi connectivity index (χ3v) is 6.53. The summed E-state index contributed by atoms with van der Waals surface area (Å²) in [7, 11) is 0. The maximum absolute atomic E-state index is 12.9. The number of benzene rings is 2. The molecule has 4 aromatic rings. The highest BCUT2D eigenvalue weighted by Gasteiger charge is 2.25. The molecule has 1 saturated carbocycles. The van der Waals surface area contributed by atoms with Crippen molar-refractivity contribution in [1.82, 2.24) is 25.1 Å². The van der Waals surface area contributed by atoms with Crippen molar-refractivity contribution in [3.63, 3.8) is 0 Å². The number of carbonyl (C=O) groups excluding carboxylic acids is 2. The lowest BCUT2D eigenvalue weighted by molar-refractivity contribution is -0.113. The second-order valence-corrected chi connectivity index (χ2v) is 9.24. The molecule has 2 N–H and O–H groups in total. The van der Waals surface area contributed by atoms with E-state index in [1.165, 1.54) is 11.8 Å². The predicted molar refractivity (Wildman–Crippen MR) is 136 cm³/mol. The molecule has 0 radical (unpaired) electrons. The third kappa shape index (κ3) is 5.25. The van der Waals surface area contributed by atoms with Crippen LogP contribution in [-0.2, 0) is 4.79 Å². The number of hydrogen-bond acceptors (Lipinski definition) is 6. The van der Waals surface area contributed by atoms with Gasteiger partial charge in [0.1, 0.15) is 0 Å². The minimum atomic E-state index is -0.232. The van der Waals surface area contributed by atoms with Crippen LogP contribution in [0.1, 0.15) is 28.8 Å². The molecular weight excluding hydrogens is 460 g/mol. The number of pyridine rings is 1. The van der Waals surface area contributed by atoms with Crippen LogP contribution < -0.4 is 10.6 Å². The van der Waals surface area contributed by atoms with Crippen LogP contribution in [0.4, 0.5) is 5.69 Å². The lowest BCUT2D eigenvalue weighted by Crippen LogP contribution is -2.27. The number of aromatic nitrogens is 4. The summed E-state index contributed by atoms with van der Waals surface area (Å²) in [6.07, 6.45) is 5.45. The van der Waals surface area contributed by atoms with Crippen LogP contribution in [0.25, 0.3) is 17.1 Å². The molecule has 0 saturated heterocycles. The lowest BCUT2D eigenvalue weighted by Gasteiger charge is -2.13. The molecule has 2 amide bonds. The molecule has 0 unspecified atom stereocenters. The number of para-hydroxylation sites is 2. The minimum absolute atomic E-state index is 0.107. The highest BCUT2D eigenvalue weighted by atomic mass is 32.2. The summed E-state index contributed by atoms with van der Waals surface area (Å²) in [5, 5.41) is 15.2. The first-order valence-electron chi connectivity index (χ1n) is 11.3. The highest BCUT2D eigenvalue weighted by Crippen LogP contribution is 2.29. The van der Waals surface area contributed by atoms with Gasteiger partial charge in [0.25, 0.3) is 5.91 Å². The molecule has 1 aliphatic rings. The van der Waals surface area contributed by atoms with E-state index in [4.69, 9.17) is 0 Å². The Balaban J connectivity index is 1.36. The summed E-state index contributed by atoms with van der Waals surface area (Å²) in [6.45, 7) is 2.02. The van der Waals surface area contributed by atoms with E-state index in [0.717, 1.165) is 29.7 Å². The van der Waals surface area contributed by atoms with Crippen LogP contribution in [0.15, 0.2) is 78.2 Å². The van der Waals surface area contributed by atoms with Crippen molar-refractivity contribution in [3.8, 4) is 17.1 Å². The zero-order chi connectivity index (χ0) is 24.2. The third-order valence-electron chi connectivity index (χ3n) is 5.60. The number of aryl methyl sites for hydroxylation is 1. The molecule has 9 heteroatoms. The Labute approximate surface area is 207 Å². The van der Waals surface area contributed by atoms with E-state index in [1.54, 1.807) is 36.7 Å². The Kier molecular flexibility index (Phi) is 6.58. The van der Waals surface area contributed by atoms with Crippen molar-refractivity contribution in [3.05, 3.63) is 84.2 Å². The molecular formula is C26H24N6O2S. The van der Waals surface area contributed by atoms with Crippen molar-refractivity contribution >= 4 is 29.3 Å². The van der Waals surface area contributed by atoms with Gasteiger partial charge >= 0.3 is 0 Å². The topological polar surface area (TPSA) is 102 Å². The molecule has 8 nitrogen and oxygen atoms in total. The number of nitrogens with zero attached hydrogens (tertiary/aromatic N) is 4. The number of nitrogens with one attached hydrogen (secondary N) is 2. The fourth-order valence-corrected chi connectivity index (χ4v) is 4.42. The Morgan fingerprint density at radius 2 is 1.83 bits per heavy atom. The van der Waals surface area contributed by atoms with E-state index in [0.29, 0.717) is 22.2 Å². The van der Waals surface area contributed by atoms with Crippen LogP contribution in [-0.4, -0.2) is 43.4 Å². The van der Waals surface area contributed by atoms with Gasteiger partial charge in [0, 0.05) is 24.0 Å². The fraction of sp³-hybridized carbons (Fsp3) is 0.192. The normalized spacial score (nSPS) is 12.8. The van der Waals surface area contributed by atoms with E-state index in [-0.39, 0.29) is 23.6 Å². The zero-order valence-electron chi connectivity index (χ0n) is 19.1. The molecule has 2 aromatic carbocycles. The lowest BCUT2D eigenvalue weighted by atomic mass is 10.1. The van der Waals surface area contributed by atoms with Gasteiger partial charge in [0.15, 0.2) is 11.0 Å². The van der Waals surface area contributed by atoms with Gasteiger partial charge in [-0.3, -0.25) is 19.1 Å². The summed E-state index contributed by atoms with van der Waals surface area (Å²) in [5.74, 6) is 0.355. The number of amides is 2. The van der Waals surface area contributed by atoms with Crippen molar-refractivity contribution in [2.45, 2.75) is 31.0 Å². The maximum Gasteiger partial charge on any atom is 0.253 e. The molecule has 1 fully saturated rings. The van der Waals surface area contributed by atoms with Crippen LogP contribution in [0, 0.1) is 6.92 Å². The van der Waals surface area contributed by atoms with Gasteiger partial charge < -0.3 is 10.6 Å². The molecule has 35 heavy (non-hydrogen) atoms. The summed E-state index contributed by atoms with van der Waals surface area (Å²) >= 11 is 1.28.